The summed E-state index contributed by atoms with van der Waals surface area (Å²) >= 11 is 6.23. The zero-order chi connectivity index (χ0) is 34.4. The molecule has 0 bridgehead atoms. The minimum Gasteiger partial charge on any atom is -0.492 e. The molecule has 47 heavy (non-hydrogen) atoms. The van der Waals surface area contributed by atoms with Crippen LogP contribution in [0.1, 0.15) is 36.0 Å². The number of ether oxygens (including phenoxy) is 2. The van der Waals surface area contributed by atoms with Gasteiger partial charge in [-0.1, -0.05) is 30.0 Å². The van der Waals surface area contributed by atoms with Crippen molar-refractivity contribution in [3.05, 3.63) is 58.0 Å². The summed E-state index contributed by atoms with van der Waals surface area (Å²) in [5.74, 6) is -2.78. The lowest BCUT2D eigenvalue weighted by atomic mass is 9.97. The molecule has 17 heteroatoms. The minimum atomic E-state index is -5.03. The number of alkyl halides is 6. The molecule has 2 aliphatic heterocycles. The molecule has 2 saturated heterocycles. The fourth-order valence-electron chi connectivity index (χ4n) is 4.66. The highest BCUT2D eigenvalue weighted by Crippen LogP contribution is 2.40. The number of halogens is 6. The summed E-state index contributed by atoms with van der Waals surface area (Å²) in [6.45, 7) is 3.43. The number of morpholine rings is 1. The molecule has 0 aromatic heterocycles. The summed E-state index contributed by atoms with van der Waals surface area (Å²) in [5.41, 5.74) is -0.188. The number of rotatable bonds is 13. The number of amides is 1. The Morgan fingerprint density at radius 2 is 1.66 bits per heavy atom. The summed E-state index contributed by atoms with van der Waals surface area (Å²) in [6.07, 6.45) is -8.22. The van der Waals surface area contributed by atoms with Gasteiger partial charge in [0.25, 0.3) is 5.91 Å². The van der Waals surface area contributed by atoms with Crippen molar-refractivity contribution in [2.75, 3.05) is 46.0 Å². The summed E-state index contributed by atoms with van der Waals surface area (Å²) in [5, 5.41) is 9.77. The molecule has 2 aliphatic rings. The van der Waals surface area contributed by atoms with Crippen LogP contribution in [0.4, 0.5) is 26.3 Å². The molecule has 2 heterocycles. The molecule has 0 unspecified atom stereocenters. The predicted octanol–water partition coefficient (Wildman–Crippen LogP) is 5.63. The average Bonchev–Trinajstić information content (AvgIpc) is 3.28. The van der Waals surface area contributed by atoms with Gasteiger partial charge in [-0.3, -0.25) is 14.5 Å². The Morgan fingerprint density at radius 3 is 2.28 bits per heavy atom. The van der Waals surface area contributed by atoms with E-state index in [0.29, 0.717) is 51.4 Å². The number of Topliss-reactive ketones (excluding diaryl/α,β-unsaturated/α-hetero) is 1. The summed E-state index contributed by atoms with van der Waals surface area (Å²) in [6, 6.07) is 5.42. The van der Waals surface area contributed by atoms with Gasteiger partial charge in [-0.25, -0.2) is 15.2 Å². The number of hydrazine groups is 1. The van der Waals surface area contributed by atoms with Crippen molar-refractivity contribution in [3.8, 4) is 16.9 Å². The van der Waals surface area contributed by atoms with Gasteiger partial charge in [0.2, 0.25) is 5.78 Å². The zero-order valence-electron chi connectivity index (χ0n) is 24.6. The smallest absolute Gasteiger partial charge is 0.416 e. The van der Waals surface area contributed by atoms with E-state index < -0.39 is 41.1 Å². The molecule has 0 spiro atoms. The Kier molecular flexibility index (Phi) is 12.1. The maximum atomic E-state index is 13.6. The third-order valence-electron chi connectivity index (χ3n) is 7.12. The third kappa shape index (κ3) is 9.99. The molecule has 0 atom stereocenters. The van der Waals surface area contributed by atoms with E-state index in [1.165, 1.54) is 24.3 Å². The molecular formula is C30H29F6N3O6S2. The topological polar surface area (TPSA) is 108 Å². The van der Waals surface area contributed by atoms with E-state index in [1.807, 2.05) is 0 Å². The monoisotopic (exact) mass is 705 g/mol. The number of aliphatic carboxylic acids is 1. The molecule has 0 aliphatic carbocycles. The van der Waals surface area contributed by atoms with Crippen molar-refractivity contribution in [2.24, 2.45) is 0 Å². The molecule has 1 amide bonds. The van der Waals surface area contributed by atoms with Crippen LogP contribution in [0.5, 0.6) is 5.75 Å². The van der Waals surface area contributed by atoms with Gasteiger partial charge in [0, 0.05) is 38.2 Å². The highest BCUT2D eigenvalue weighted by atomic mass is 32.2. The van der Waals surface area contributed by atoms with Crippen LogP contribution >= 0.6 is 24.0 Å². The van der Waals surface area contributed by atoms with Crippen LogP contribution in [0, 0.1) is 0 Å². The fraction of sp³-hybridized carbons (Fsp3) is 0.400. The van der Waals surface area contributed by atoms with Gasteiger partial charge in [0.15, 0.2) is 4.32 Å². The number of carbonyl (C=O) groups excluding carboxylic acids is 2. The number of thioether (sulfide) groups is 1. The molecule has 2 aromatic rings. The van der Waals surface area contributed by atoms with Gasteiger partial charge >= 0.3 is 18.3 Å². The Balaban J connectivity index is 1.61. The van der Waals surface area contributed by atoms with E-state index in [-0.39, 0.29) is 63.7 Å². The Bertz CT molecular complexity index is 1510. The number of thiocarbonyl (C=S) groups is 1. The number of nitrogens with one attached hydrogen (secondary N) is 1. The lowest BCUT2D eigenvalue weighted by Crippen LogP contribution is -2.41. The number of hydrogen-bond donors (Lipinski definition) is 2. The van der Waals surface area contributed by atoms with Crippen molar-refractivity contribution >= 4 is 52.0 Å². The van der Waals surface area contributed by atoms with E-state index in [1.54, 1.807) is 0 Å². The van der Waals surface area contributed by atoms with Crippen molar-refractivity contribution in [2.45, 2.75) is 31.6 Å². The maximum Gasteiger partial charge on any atom is 0.416 e. The van der Waals surface area contributed by atoms with E-state index in [9.17, 15) is 40.7 Å². The number of hydrogen-bond acceptors (Lipinski definition) is 9. The second-order valence-electron chi connectivity index (χ2n) is 10.5. The SMILES string of the molecule is O=C(O)C(=O)CCCCNN1C(=O)/C(=C/c2cc(-c3cc(C(F)(F)F)cc(C(F)(F)F)c3)ccc2OCCN2CCOCC2)SC1=S. The molecule has 2 N–H and O–H groups in total. The molecule has 2 aromatic carbocycles. The second kappa shape index (κ2) is 15.6. The van der Waals surface area contributed by atoms with Crippen LogP contribution < -0.4 is 10.2 Å². The average molecular weight is 706 g/mol. The highest BCUT2D eigenvalue weighted by molar-refractivity contribution is 8.26. The standard InChI is InChI=1S/C30H29F6N3O6S2/c31-29(32,33)21-14-19(15-22(17-21)30(34,35)36)18-4-5-24(45-12-9-38-7-10-44-11-8-38)20(13-18)16-25-26(41)39(28(46)47-25)37-6-2-1-3-23(40)27(42)43/h4-5,13-17,37H,1-3,6-12H2,(H,42,43)/b25-16-. The number of carbonyl (C=O) groups is 3. The van der Waals surface area contributed by atoms with E-state index in [4.69, 9.17) is 26.8 Å². The first-order valence-electron chi connectivity index (χ1n) is 14.3. The van der Waals surface area contributed by atoms with Crippen molar-refractivity contribution in [1.82, 2.24) is 15.3 Å². The molecule has 9 nitrogen and oxygen atoms in total. The molecular weight excluding hydrogens is 676 g/mol. The summed E-state index contributed by atoms with van der Waals surface area (Å²) in [7, 11) is 0. The van der Waals surface area contributed by atoms with Crippen LogP contribution in [-0.2, 0) is 31.5 Å². The van der Waals surface area contributed by atoms with Crippen molar-refractivity contribution in [3.63, 3.8) is 0 Å². The normalized spacial score (nSPS) is 17.1. The summed E-state index contributed by atoms with van der Waals surface area (Å²) in [4.78, 5) is 37.4. The number of carboxylic acid groups (broad SMARTS) is 1. The first-order valence-corrected chi connectivity index (χ1v) is 15.5. The van der Waals surface area contributed by atoms with Crippen molar-refractivity contribution in [1.29, 1.82) is 0 Å². The molecule has 4 rings (SSSR count). The number of carboxylic acids is 1. The van der Waals surface area contributed by atoms with Crippen LogP contribution in [0.2, 0.25) is 0 Å². The van der Waals surface area contributed by atoms with Gasteiger partial charge in [0.05, 0.1) is 29.2 Å². The Labute approximate surface area is 274 Å². The highest BCUT2D eigenvalue weighted by Gasteiger charge is 2.37. The van der Waals surface area contributed by atoms with Crippen LogP contribution in [0.15, 0.2) is 41.3 Å². The van der Waals surface area contributed by atoms with Crippen LogP contribution in [-0.4, -0.2) is 83.0 Å². The van der Waals surface area contributed by atoms with Gasteiger partial charge < -0.3 is 14.6 Å². The molecule has 0 saturated carbocycles. The minimum absolute atomic E-state index is 0.0258. The first-order chi connectivity index (χ1) is 22.1. The third-order valence-corrected chi connectivity index (χ3v) is 8.42. The lowest BCUT2D eigenvalue weighted by molar-refractivity contribution is -0.149. The van der Waals surface area contributed by atoms with Gasteiger partial charge in [-0.15, -0.1) is 0 Å². The molecule has 0 radical (unpaired) electrons. The number of ketones is 1. The largest absolute Gasteiger partial charge is 0.492 e. The van der Waals surface area contributed by atoms with Gasteiger partial charge in [-0.05, 0) is 60.4 Å². The number of unbranched alkanes of at least 4 members (excludes halogenated alkanes) is 1. The first kappa shape index (κ1) is 36.3. The predicted molar refractivity (Wildman–Crippen MR) is 164 cm³/mol. The zero-order valence-corrected chi connectivity index (χ0v) is 26.2. The molecule has 2 fully saturated rings. The van der Waals surface area contributed by atoms with Crippen molar-refractivity contribution < 1.29 is 55.3 Å². The van der Waals surface area contributed by atoms with Gasteiger partial charge in [0.1, 0.15) is 12.4 Å². The Morgan fingerprint density at radius 1 is 1.00 bits per heavy atom. The van der Waals surface area contributed by atoms with Crippen LogP contribution in [0.3, 0.4) is 0 Å². The van der Waals surface area contributed by atoms with Crippen LogP contribution in [0.25, 0.3) is 17.2 Å². The van der Waals surface area contributed by atoms with E-state index >= 15 is 0 Å². The lowest BCUT2D eigenvalue weighted by Gasteiger charge is -2.26. The quantitative estimate of drug-likeness (QED) is 0.0896. The van der Waals surface area contributed by atoms with E-state index in [2.05, 4.69) is 10.3 Å². The molecule has 254 valence electrons. The van der Waals surface area contributed by atoms with Gasteiger partial charge in [-0.2, -0.15) is 26.3 Å². The number of nitrogens with zero attached hydrogens (tertiary/aromatic N) is 2. The fourth-order valence-corrected chi connectivity index (χ4v) is 5.87. The summed E-state index contributed by atoms with van der Waals surface area (Å²) < 4.78 is 92.8. The second-order valence-corrected chi connectivity index (χ2v) is 12.1. The Hall–Kier alpha value is -3.51. The maximum absolute atomic E-state index is 13.6. The number of benzene rings is 2. The van der Waals surface area contributed by atoms with E-state index in [0.717, 1.165) is 16.8 Å².